The van der Waals surface area contributed by atoms with Gasteiger partial charge in [-0.05, 0) is 30.2 Å². The lowest BCUT2D eigenvalue weighted by atomic mass is 10.2. The second-order valence-corrected chi connectivity index (χ2v) is 4.46. The molecule has 0 saturated carbocycles. The van der Waals surface area contributed by atoms with Gasteiger partial charge in [0.2, 0.25) is 0 Å². The van der Waals surface area contributed by atoms with Gasteiger partial charge >= 0.3 is 0 Å². The molecule has 1 aliphatic heterocycles. The lowest BCUT2D eigenvalue weighted by Crippen LogP contribution is -2.14. The maximum absolute atomic E-state index is 5.80. The second kappa shape index (κ2) is 4.26. The lowest BCUT2D eigenvalue weighted by molar-refractivity contribution is 0.415. The van der Waals surface area contributed by atoms with Gasteiger partial charge in [0.1, 0.15) is 5.75 Å². The smallest absolute Gasteiger partial charge is 0.144 e. The molecular weight excluding hydrogens is 224 g/mol. The van der Waals surface area contributed by atoms with Crippen molar-refractivity contribution in [1.29, 1.82) is 0 Å². The van der Waals surface area contributed by atoms with Crippen molar-refractivity contribution in [2.45, 2.75) is 6.42 Å². The first-order valence-electron chi connectivity index (χ1n) is 6.08. The fourth-order valence-corrected chi connectivity index (χ4v) is 2.51. The van der Waals surface area contributed by atoms with Gasteiger partial charge in [-0.1, -0.05) is 18.2 Å². The summed E-state index contributed by atoms with van der Waals surface area (Å²) in [6.07, 6.45) is 1.07. The molecule has 3 heteroatoms. The minimum absolute atomic E-state index is 0.725. The number of anilines is 3. The molecule has 18 heavy (non-hydrogen) atoms. The highest BCUT2D eigenvalue weighted by Crippen LogP contribution is 2.39. The third-order valence-corrected chi connectivity index (χ3v) is 3.38. The Morgan fingerprint density at radius 1 is 1.11 bits per heavy atom. The fourth-order valence-electron chi connectivity index (χ4n) is 2.51. The van der Waals surface area contributed by atoms with Gasteiger partial charge < -0.3 is 15.4 Å². The normalized spacial score (nSPS) is 13.5. The van der Waals surface area contributed by atoms with Gasteiger partial charge in [-0.15, -0.1) is 0 Å². The van der Waals surface area contributed by atoms with E-state index in [2.05, 4.69) is 29.2 Å². The van der Waals surface area contributed by atoms with Crippen LogP contribution in [0.1, 0.15) is 5.56 Å². The molecule has 3 rings (SSSR count). The Hall–Kier alpha value is -2.16. The van der Waals surface area contributed by atoms with Crippen LogP contribution < -0.4 is 15.4 Å². The van der Waals surface area contributed by atoms with Gasteiger partial charge in [0.25, 0.3) is 0 Å². The first-order chi connectivity index (χ1) is 8.79. The van der Waals surface area contributed by atoms with Crippen molar-refractivity contribution >= 4 is 17.1 Å². The van der Waals surface area contributed by atoms with E-state index < -0.39 is 0 Å². The van der Waals surface area contributed by atoms with Gasteiger partial charge in [0, 0.05) is 24.0 Å². The molecule has 0 spiro atoms. The third-order valence-electron chi connectivity index (χ3n) is 3.38. The van der Waals surface area contributed by atoms with E-state index in [9.17, 15) is 0 Å². The average Bonchev–Trinajstić information content (AvgIpc) is 2.82. The lowest BCUT2D eigenvalue weighted by Gasteiger charge is -2.22. The van der Waals surface area contributed by atoms with Gasteiger partial charge in [-0.2, -0.15) is 0 Å². The highest BCUT2D eigenvalue weighted by atomic mass is 16.5. The van der Waals surface area contributed by atoms with E-state index in [1.807, 2.05) is 18.2 Å². The van der Waals surface area contributed by atoms with Crippen LogP contribution in [-0.2, 0) is 6.42 Å². The molecule has 0 unspecified atom stereocenters. The van der Waals surface area contributed by atoms with Crippen LogP contribution >= 0.6 is 0 Å². The maximum atomic E-state index is 5.80. The number of fused-ring (bicyclic) bond motifs is 1. The van der Waals surface area contributed by atoms with E-state index in [1.165, 1.54) is 11.3 Å². The molecule has 0 atom stereocenters. The van der Waals surface area contributed by atoms with Crippen LogP contribution in [0.4, 0.5) is 17.1 Å². The molecule has 0 saturated heterocycles. The van der Waals surface area contributed by atoms with Crippen molar-refractivity contribution in [2.24, 2.45) is 0 Å². The third kappa shape index (κ3) is 1.68. The highest BCUT2D eigenvalue weighted by molar-refractivity contribution is 5.75. The monoisotopic (exact) mass is 240 g/mol. The molecule has 0 aromatic heterocycles. The van der Waals surface area contributed by atoms with Crippen LogP contribution in [0.25, 0.3) is 0 Å². The summed E-state index contributed by atoms with van der Waals surface area (Å²) in [5.74, 6) is 0.826. The highest BCUT2D eigenvalue weighted by Gasteiger charge is 2.22. The predicted octanol–water partition coefficient (Wildman–Crippen LogP) is 2.97. The molecule has 0 radical (unpaired) electrons. The van der Waals surface area contributed by atoms with Crippen molar-refractivity contribution in [3.63, 3.8) is 0 Å². The predicted molar refractivity (Wildman–Crippen MR) is 74.6 cm³/mol. The number of rotatable bonds is 2. The number of nitrogen functional groups attached to an aromatic ring is 1. The summed E-state index contributed by atoms with van der Waals surface area (Å²) in [6.45, 7) is 0.986. The van der Waals surface area contributed by atoms with Crippen LogP contribution in [-0.4, -0.2) is 13.7 Å². The summed E-state index contributed by atoms with van der Waals surface area (Å²) in [5, 5.41) is 0. The van der Waals surface area contributed by atoms with Gasteiger partial charge in [-0.25, -0.2) is 0 Å². The Kier molecular flexibility index (Phi) is 2.59. The van der Waals surface area contributed by atoms with Crippen LogP contribution in [0.2, 0.25) is 0 Å². The Bertz CT molecular complexity index is 580. The zero-order valence-corrected chi connectivity index (χ0v) is 10.4. The zero-order chi connectivity index (χ0) is 12.5. The SMILES string of the molecule is COc1cc(N)ccc1N1CCc2ccccc21. The topological polar surface area (TPSA) is 38.5 Å². The Morgan fingerprint density at radius 2 is 1.94 bits per heavy atom. The molecule has 2 aromatic carbocycles. The molecule has 0 bridgehead atoms. The molecular formula is C15H16N2O. The van der Waals surface area contributed by atoms with E-state index in [0.29, 0.717) is 0 Å². The number of para-hydroxylation sites is 1. The summed E-state index contributed by atoms with van der Waals surface area (Å²) in [6, 6.07) is 14.3. The van der Waals surface area contributed by atoms with E-state index >= 15 is 0 Å². The van der Waals surface area contributed by atoms with E-state index in [0.717, 1.165) is 30.1 Å². The van der Waals surface area contributed by atoms with Crippen LogP contribution in [0.3, 0.4) is 0 Å². The molecule has 2 aromatic rings. The average molecular weight is 240 g/mol. The molecule has 92 valence electrons. The van der Waals surface area contributed by atoms with Crippen LogP contribution in [0.15, 0.2) is 42.5 Å². The number of nitrogens with two attached hydrogens (primary N) is 1. The maximum Gasteiger partial charge on any atom is 0.144 e. The van der Waals surface area contributed by atoms with Crippen molar-refractivity contribution in [3.8, 4) is 5.75 Å². The number of methoxy groups -OCH3 is 1. The van der Waals surface area contributed by atoms with Crippen molar-refractivity contribution < 1.29 is 4.74 Å². The first kappa shape index (κ1) is 11.0. The van der Waals surface area contributed by atoms with E-state index in [-0.39, 0.29) is 0 Å². The van der Waals surface area contributed by atoms with Gasteiger partial charge in [0.05, 0.1) is 12.8 Å². The van der Waals surface area contributed by atoms with Crippen molar-refractivity contribution in [1.82, 2.24) is 0 Å². The Labute approximate surface area is 107 Å². The Balaban J connectivity index is 2.07. The summed E-state index contributed by atoms with van der Waals surface area (Å²) in [4.78, 5) is 2.29. The van der Waals surface area contributed by atoms with Crippen LogP contribution in [0.5, 0.6) is 5.75 Å². The standard InChI is InChI=1S/C15H16N2O/c1-18-15-10-12(16)6-7-14(15)17-9-8-11-4-2-3-5-13(11)17/h2-7,10H,8-9,16H2,1H3. The molecule has 3 nitrogen and oxygen atoms in total. The number of benzene rings is 2. The minimum atomic E-state index is 0.725. The van der Waals surface area contributed by atoms with Gasteiger partial charge in [-0.3, -0.25) is 0 Å². The fraction of sp³-hybridized carbons (Fsp3) is 0.200. The Morgan fingerprint density at radius 3 is 2.78 bits per heavy atom. The van der Waals surface area contributed by atoms with E-state index in [4.69, 9.17) is 10.5 Å². The van der Waals surface area contributed by atoms with Crippen molar-refractivity contribution in [2.75, 3.05) is 24.3 Å². The summed E-state index contributed by atoms with van der Waals surface area (Å²) in [5.41, 5.74) is 10.3. The van der Waals surface area contributed by atoms with Crippen LogP contribution in [0, 0.1) is 0 Å². The van der Waals surface area contributed by atoms with E-state index in [1.54, 1.807) is 7.11 Å². The zero-order valence-electron chi connectivity index (χ0n) is 10.4. The van der Waals surface area contributed by atoms with Gasteiger partial charge in [0.15, 0.2) is 0 Å². The number of nitrogens with zero attached hydrogens (tertiary/aromatic N) is 1. The molecule has 0 aliphatic carbocycles. The van der Waals surface area contributed by atoms with Crippen molar-refractivity contribution in [3.05, 3.63) is 48.0 Å². The summed E-state index contributed by atoms with van der Waals surface area (Å²) < 4.78 is 5.43. The number of ether oxygens (including phenoxy) is 1. The molecule has 1 aliphatic rings. The molecule has 0 fully saturated rings. The first-order valence-corrected chi connectivity index (χ1v) is 6.08. The largest absolute Gasteiger partial charge is 0.494 e. The quantitative estimate of drug-likeness (QED) is 0.820. The summed E-state index contributed by atoms with van der Waals surface area (Å²) in [7, 11) is 1.68. The molecule has 1 heterocycles. The molecule has 2 N–H and O–H groups in total. The number of hydrogen-bond donors (Lipinski definition) is 1. The summed E-state index contributed by atoms with van der Waals surface area (Å²) >= 11 is 0. The number of hydrogen-bond acceptors (Lipinski definition) is 3. The minimum Gasteiger partial charge on any atom is -0.494 e. The second-order valence-electron chi connectivity index (χ2n) is 4.46. The molecule has 0 amide bonds.